The van der Waals surface area contributed by atoms with Crippen LogP contribution in [0.4, 0.5) is 0 Å². The van der Waals surface area contributed by atoms with Crippen LogP contribution >= 0.6 is 11.3 Å². The van der Waals surface area contributed by atoms with Gasteiger partial charge in [-0.3, -0.25) is 9.59 Å². The molecule has 2 saturated heterocycles. The van der Waals surface area contributed by atoms with Crippen LogP contribution in [-0.2, 0) is 4.79 Å². The summed E-state index contributed by atoms with van der Waals surface area (Å²) in [5, 5.41) is 1.99. The SMILES string of the molecule is Cc1ccsc1C(=O)N1CCC[C@@H]2CN(C(=O)CCOc3ccccc3)CC[C@@H]21. The maximum Gasteiger partial charge on any atom is 0.264 e. The number of hydrogen-bond donors (Lipinski definition) is 0. The van der Waals surface area contributed by atoms with E-state index < -0.39 is 0 Å². The van der Waals surface area contributed by atoms with Gasteiger partial charge in [0.25, 0.3) is 5.91 Å². The van der Waals surface area contributed by atoms with E-state index in [1.54, 1.807) is 0 Å². The highest BCUT2D eigenvalue weighted by Gasteiger charge is 2.39. The summed E-state index contributed by atoms with van der Waals surface area (Å²) in [7, 11) is 0. The Labute approximate surface area is 176 Å². The Bertz CT molecular complexity index is 851. The zero-order valence-corrected chi connectivity index (χ0v) is 17.7. The van der Waals surface area contributed by atoms with E-state index in [-0.39, 0.29) is 17.9 Å². The van der Waals surface area contributed by atoms with Crippen LogP contribution in [0.2, 0.25) is 0 Å². The fourth-order valence-corrected chi connectivity index (χ4v) is 5.42. The third-order valence-electron chi connectivity index (χ3n) is 6.07. The molecule has 4 rings (SSSR count). The number of aryl methyl sites for hydroxylation is 1. The van der Waals surface area contributed by atoms with Crippen LogP contribution in [0.25, 0.3) is 0 Å². The molecule has 154 valence electrons. The van der Waals surface area contributed by atoms with Crippen LogP contribution in [0.5, 0.6) is 5.75 Å². The maximum absolute atomic E-state index is 13.1. The minimum Gasteiger partial charge on any atom is -0.493 e. The van der Waals surface area contributed by atoms with Crippen molar-refractivity contribution in [3.8, 4) is 5.75 Å². The molecule has 0 saturated carbocycles. The zero-order chi connectivity index (χ0) is 20.2. The summed E-state index contributed by atoms with van der Waals surface area (Å²) in [6.45, 7) is 4.70. The summed E-state index contributed by atoms with van der Waals surface area (Å²) in [4.78, 5) is 30.7. The number of amides is 2. The zero-order valence-electron chi connectivity index (χ0n) is 16.9. The molecule has 0 N–H and O–H groups in total. The maximum atomic E-state index is 13.1. The number of fused-ring (bicyclic) bond motifs is 1. The van der Waals surface area contributed by atoms with Gasteiger partial charge in [0.2, 0.25) is 5.91 Å². The number of nitrogens with zero attached hydrogens (tertiary/aromatic N) is 2. The second-order valence-electron chi connectivity index (χ2n) is 7.94. The summed E-state index contributed by atoms with van der Waals surface area (Å²) in [5.41, 5.74) is 1.06. The Balaban J connectivity index is 1.32. The molecule has 2 amide bonds. The topological polar surface area (TPSA) is 49.9 Å². The molecule has 1 aromatic heterocycles. The Morgan fingerprint density at radius 2 is 1.97 bits per heavy atom. The van der Waals surface area contributed by atoms with E-state index >= 15 is 0 Å². The van der Waals surface area contributed by atoms with Gasteiger partial charge in [0, 0.05) is 25.7 Å². The minimum atomic E-state index is 0.150. The second kappa shape index (κ2) is 8.99. The predicted molar refractivity (Wildman–Crippen MR) is 114 cm³/mol. The molecule has 2 atom stereocenters. The Morgan fingerprint density at radius 1 is 1.14 bits per heavy atom. The van der Waals surface area contributed by atoms with E-state index in [4.69, 9.17) is 4.74 Å². The van der Waals surface area contributed by atoms with E-state index in [2.05, 4.69) is 4.90 Å². The molecule has 6 heteroatoms. The molecule has 3 heterocycles. The van der Waals surface area contributed by atoms with E-state index in [9.17, 15) is 9.59 Å². The van der Waals surface area contributed by atoms with Crippen molar-refractivity contribution in [3.63, 3.8) is 0 Å². The lowest BCUT2D eigenvalue weighted by Gasteiger charge is -2.47. The van der Waals surface area contributed by atoms with Crippen LogP contribution in [0.15, 0.2) is 41.8 Å². The first-order valence-corrected chi connectivity index (χ1v) is 11.3. The van der Waals surface area contributed by atoms with Crippen molar-refractivity contribution in [2.75, 3.05) is 26.2 Å². The molecule has 29 heavy (non-hydrogen) atoms. The molecule has 2 aliphatic heterocycles. The van der Waals surface area contributed by atoms with E-state index in [0.29, 0.717) is 18.9 Å². The van der Waals surface area contributed by atoms with Crippen molar-refractivity contribution in [2.45, 2.75) is 38.6 Å². The first kappa shape index (κ1) is 20.0. The number of rotatable bonds is 5. The number of piperidine rings is 2. The molecule has 2 aliphatic rings. The molecule has 0 bridgehead atoms. The van der Waals surface area contributed by atoms with E-state index in [0.717, 1.165) is 55.1 Å². The van der Waals surface area contributed by atoms with Gasteiger partial charge < -0.3 is 14.5 Å². The third-order valence-corrected chi connectivity index (χ3v) is 7.07. The highest BCUT2D eigenvalue weighted by atomic mass is 32.1. The summed E-state index contributed by atoms with van der Waals surface area (Å²) in [6, 6.07) is 11.9. The average Bonchev–Trinajstić information content (AvgIpc) is 3.19. The largest absolute Gasteiger partial charge is 0.493 e. The molecule has 1 aromatic carbocycles. The Hall–Kier alpha value is -2.34. The molecule has 0 spiro atoms. The van der Waals surface area contributed by atoms with Gasteiger partial charge in [-0.1, -0.05) is 18.2 Å². The first-order valence-electron chi connectivity index (χ1n) is 10.4. The van der Waals surface area contributed by atoms with Crippen molar-refractivity contribution in [1.82, 2.24) is 9.80 Å². The highest BCUT2D eigenvalue weighted by molar-refractivity contribution is 7.12. The van der Waals surface area contributed by atoms with Gasteiger partial charge in [0.1, 0.15) is 5.75 Å². The smallest absolute Gasteiger partial charge is 0.264 e. The van der Waals surface area contributed by atoms with Crippen molar-refractivity contribution >= 4 is 23.2 Å². The lowest BCUT2D eigenvalue weighted by atomic mass is 9.83. The third kappa shape index (κ3) is 4.47. The number of hydrogen-bond acceptors (Lipinski definition) is 4. The fourth-order valence-electron chi connectivity index (χ4n) is 4.54. The Morgan fingerprint density at radius 3 is 2.72 bits per heavy atom. The van der Waals surface area contributed by atoms with Gasteiger partial charge in [0.05, 0.1) is 17.9 Å². The highest BCUT2D eigenvalue weighted by Crippen LogP contribution is 2.33. The van der Waals surface area contributed by atoms with E-state index in [1.807, 2.05) is 53.6 Å². The van der Waals surface area contributed by atoms with Crippen LogP contribution in [-0.4, -0.2) is 53.9 Å². The summed E-state index contributed by atoms with van der Waals surface area (Å²) >= 11 is 1.53. The van der Waals surface area contributed by atoms with Crippen molar-refractivity contribution in [2.24, 2.45) is 5.92 Å². The predicted octanol–water partition coefficient (Wildman–Crippen LogP) is 3.98. The van der Waals surface area contributed by atoms with Gasteiger partial charge >= 0.3 is 0 Å². The number of para-hydroxylation sites is 1. The van der Waals surface area contributed by atoms with Crippen LogP contribution in [0, 0.1) is 12.8 Å². The van der Waals surface area contributed by atoms with Crippen molar-refractivity contribution in [1.29, 1.82) is 0 Å². The number of likely N-dealkylation sites (tertiary alicyclic amines) is 2. The van der Waals surface area contributed by atoms with Gasteiger partial charge in [-0.2, -0.15) is 0 Å². The number of thiophene rings is 1. The average molecular weight is 413 g/mol. The number of carbonyl (C=O) groups excluding carboxylic acids is 2. The summed E-state index contributed by atoms with van der Waals surface area (Å²) < 4.78 is 5.68. The quantitative estimate of drug-likeness (QED) is 0.746. The summed E-state index contributed by atoms with van der Waals surface area (Å²) in [6.07, 6.45) is 3.36. The van der Waals surface area contributed by atoms with Crippen LogP contribution in [0.1, 0.15) is 40.9 Å². The van der Waals surface area contributed by atoms with Gasteiger partial charge in [-0.15, -0.1) is 11.3 Å². The van der Waals surface area contributed by atoms with Crippen LogP contribution < -0.4 is 4.74 Å². The molecule has 0 aliphatic carbocycles. The van der Waals surface area contributed by atoms with Crippen LogP contribution in [0.3, 0.4) is 0 Å². The molecule has 0 radical (unpaired) electrons. The Kier molecular flexibility index (Phi) is 6.19. The molecule has 0 unspecified atom stereocenters. The molecule has 2 fully saturated rings. The standard InChI is InChI=1S/C23H28N2O3S/c1-17-11-15-29-22(17)23(27)25-12-5-6-18-16-24(13-9-20(18)25)21(26)10-14-28-19-7-3-2-4-8-19/h2-4,7-8,11,15,18,20H,5-6,9-10,12-14,16H2,1H3/t18-,20+/m1/s1. The number of carbonyl (C=O) groups is 2. The summed E-state index contributed by atoms with van der Waals surface area (Å²) in [5.74, 6) is 1.49. The first-order chi connectivity index (χ1) is 14.1. The minimum absolute atomic E-state index is 0.150. The van der Waals surface area contributed by atoms with Gasteiger partial charge in [-0.25, -0.2) is 0 Å². The lowest BCUT2D eigenvalue weighted by Crippen LogP contribution is -2.56. The fraction of sp³-hybridized carbons (Fsp3) is 0.478. The van der Waals surface area contributed by atoms with Gasteiger partial charge in [0.15, 0.2) is 0 Å². The second-order valence-corrected chi connectivity index (χ2v) is 8.86. The molecule has 5 nitrogen and oxygen atoms in total. The molecular weight excluding hydrogens is 384 g/mol. The lowest BCUT2D eigenvalue weighted by molar-refractivity contribution is -0.135. The number of ether oxygens (including phenoxy) is 1. The van der Waals surface area contributed by atoms with E-state index in [1.165, 1.54) is 11.3 Å². The monoisotopic (exact) mass is 412 g/mol. The molecular formula is C23H28N2O3S. The molecule has 2 aromatic rings. The normalized spacial score (nSPS) is 21.6. The van der Waals surface area contributed by atoms with Crippen molar-refractivity contribution < 1.29 is 14.3 Å². The van der Waals surface area contributed by atoms with Gasteiger partial charge in [-0.05, 0) is 61.2 Å². The van der Waals surface area contributed by atoms with Crippen molar-refractivity contribution in [3.05, 3.63) is 52.2 Å². The number of benzene rings is 1.